The molecule has 1 atom stereocenters. The Morgan fingerprint density at radius 1 is 1.12 bits per heavy atom. The van der Waals surface area contributed by atoms with E-state index in [0.717, 1.165) is 38.7 Å². The molecule has 1 saturated heterocycles. The van der Waals surface area contributed by atoms with E-state index >= 15 is 0 Å². The first-order valence-electron chi connectivity index (χ1n) is 9.05. The van der Waals surface area contributed by atoms with Crippen molar-refractivity contribution in [1.29, 1.82) is 0 Å². The zero-order chi connectivity index (χ0) is 18.9. The van der Waals surface area contributed by atoms with Crippen LogP contribution in [-0.4, -0.2) is 93.4 Å². The lowest BCUT2D eigenvalue weighted by molar-refractivity contribution is 0.0529. The van der Waals surface area contributed by atoms with Gasteiger partial charge in [0.2, 0.25) is 0 Å². The van der Waals surface area contributed by atoms with E-state index in [0.29, 0.717) is 19.1 Å². The van der Waals surface area contributed by atoms with Crippen LogP contribution in [0.4, 0.5) is 4.79 Å². The molecule has 146 valence electrons. The van der Waals surface area contributed by atoms with Crippen LogP contribution in [0.25, 0.3) is 0 Å². The fourth-order valence-electron chi connectivity index (χ4n) is 2.52. The molecular formula is C17H36N6O2. The first kappa shape index (κ1) is 21.5. The Morgan fingerprint density at radius 3 is 2.28 bits per heavy atom. The molecule has 0 aromatic rings. The molecule has 8 heteroatoms. The second kappa shape index (κ2) is 10.5. The Morgan fingerprint density at radius 2 is 1.72 bits per heavy atom. The van der Waals surface area contributed by atoms with Gasteiger partial charge in [0.25, 0.3) is 0 Å². The first-order valence-corrected chi connectivity index (χ1v) is 9.05. The number of carbonyl (C=O) groups excluding carboxylic acids is 1. The number of aliphatic imine (C=N–C) groups is 1. The summed E-state index contributed by atoms with van der Waals surface area (Å²) in [6, 6.07) is 0.451. The van der Waals surface area contributed by atoms with Gasteiger partial charge in [-0.2, -0.15) is 0 Å². The number of carbonyl (C=O) groups is 1. The second-order valence-electron chi connectivity index (χ2n) is 7.50. The maximum atomic E-state index is 11.6. The number of guanidine groups is 1. The molecule has 1 fully saturated rings. The smallest absolute Gasteiger partial charge is 0.407 e. The molecular weight excluding hydrogens is 320 g/mol. The molecule has 1 heterocycles. The number of piperazine rings is 1. The minimum absolute atomic E-state index is 0.402. The molecule has 0 spiro atoms. The largest absolute Gasteiger partial charge is 0.444 e. The Kier molecular flexibility index (Phi) is 8.99. The Balaban J connectivity index is 2.19. The quantitative estimate of drug-likeness (QED) is 0.361. The summed E-state index contributed by atoms with van der Waals surface area (Å²) in [6.07, 6.45) is -0.402. The maximum absolute atomic E-state index is 11.6. The minimum atomic E-state index is -0.478. The van der Waals surface area contributed by atoms with E-state index < -0.39 is 11.7 Å². The van der Waals surface area contributed by atoms with Gasteiger partial charge in [-0.1, -0.05) is 0 Å². The van der Waals surface area contributed by atoms with Crippen molar-refractivity contribution in [2.45, 2.75) is 39.3 Å². The molecule has 1 aliphatic heterocycles. The third kappa shape index (κ3) is 9.50. The number of rotatable bonds is 6. The molecule has 25 heavy (non-hydrogen) atoms. The van der Waals surface area contributed by atoms with Crippen LogP contribution in [0.15, 0.2) is 4.99 Å². The number of nitrogens with one attached hydrogen (secondary N) is 3. The van der Waals surface area contributed by atoms with Gasteiger partial charge >= 0.3 is 6.09 Å². The summed E-state index contributed by atoms with van der Waals surface area (Å²) in [5.74, 6) is 0.743. The van der Waals surface area contributed by atoms with Crippen molar-refractivity contribution in [2.24, 2.45) is 4.99 Å². The van der Waals surface area contributed by atoms with Crippen molar-refractivity contribution in [3.05, 3.63) is 0 Å². The number of ether oxygens (including phenoxy) is 1. The zero-order valence-corrected chi connectivity index (χ0v) is 16.7. The highest BCUT2D eigenvalue weighted by Crippen LogP contribution is 2.06. The van der Waals surface area contributed by atoms with Crippen LogP contribution in [-0.2, 0) is 4.74 Å². The van der Waals surface area contributed by atoms with E-state index in [1.807, 2.05) is 20.8 Å². The van der Waals surface area contributed by atoms with Crippen LogP contribution < -0.4 is 16.0 Å². The van der Waals surface area contributed by atoms with E-state index in [-0.39, 0.29) is 0 Å². The second-order valence-corrected chi connectivity index (χ2v) is 7.50. The average Bonchev–Trinajstić information content (AvgIpc) is 2.53. The molecule has 3 N–H and O–H groups in total. The van der Waals surface area contributed by atoms with Crippen LogP contribution >= 0.6 is 0 Å². The highest BCUT2D eigenvalue weighted by Gasteiger charge is 2.19. The molecule has 0 aliphatic carbocycles. The fourth-order valence-corrected chi connectivity index (χ4v) is 2.52. The predicted octanol–water partition coefficient (Wildman–Crippen LogP) is 0.312. The van der Waals surface area contributed by atoms with Crippen LogP contribution in [0.5, 0.6) is 0 Å². The molecule has 8 nitrogen and oxygen atoms in total. The van der Waals surface area contributed by atoms with Crippen LogP contribution in [0.3, 0.4) is 0 Å². The molecule has 1 amide bonds. The van der Waals surface area contributed by atoms with Crippen molar-refractivity contribution >= 4 is 12.1 Å². The number of hydrogen-bond donors (Lipinski definition) is 3. The number of hydrogen-bond acceptors (Lipinski definition) is 5. The third-order valence-corrected chi connectivity index (χ3v) is 4.04. The average molecular weight is 357 g/mol. The van der Waals surface area contributed by atoms with Crippen molar-refractivity contribution in [1.82, 2.24) is 25.8 Å². The van der Waals surface area contributed by atoms with E-state index in [2.05, 4.69) is 44.7 Å². The molecule has 1 unspecified atom stereocenters. The highest BCUT2D eigenvalue weighted by molar-refractivity contribution is 5.79. The van der Waals surface area contributed by atoms with Crippen molar-refractivity contribution in [3.63, 3.8) is 0 Å². The summed E-state index contributed by atoms with van der Waals surface area (Å²) in [6.45, 7) is 14.1. The summed E-state index contributed by atoms with van der Waals surface area (Å²) in [5.41, 5.74) is -0.478. The third-order valence-electron chi connectivity index (χ3n) is 4.04. The standard InChI is InChI=1S/C17H36N6O2/c1-14(23-11-9-22(6)10-12-23)13-21-15(18-5)19-7-8-20-16(24)25-17(2,3)4/h14H,7-13H2,1-6H3,(H,20,24)(H2,18,19,21). The Hall–Kier alpha value is -1.54. The summed E-state index contributed by atoms with van der Waals surface area (Å²) in [7, 11) is 3.91. The summed E-state index contributed by atoms with van der Waals surface area (Å²) in [4.78, 5) is 20.6. The van der Waals surface area contributed by atoms with Crippen molar-refractivity contribution in [2.75, 3.05) is 59.9 Å². The summed E-state index contributed by atoms with van der Waals surface area (Å²) < 4.78 is 5.19. The van der Waals surface area contributed by atoms with Crippen molar-refractivity contribution in [3.8, 4) is 0 Å². The van der Waals surface area contributed by atoms with Gasteiger partial charge in [-0.15, -0.1) is 0 Å². The molecule has 1 rings (SSSR count). The highest BCUT2D eigenvalue weighted by atomic mass is 16.6. The van der Waals surface area contributed by atoms with Gasteiger partial charge in [-0.3, -0.25) is 9.89 Å². The lowest BCUT2D eigenvalue weighted by Gasteiger charge is -2.36. The van der Waals surface area contributed by atoms with Gasteiger partial charge in [-0.25, -0.2) is 4.79 Å². The van der Waals surface area contributed by atoms with Gasteiger partial charge in [0.1, 0.15) is 5.60 Å². The van der Waals surface area contributed by atoms with E-state index in [1.54, 1.807) is 7.05 Å². The SMILES string of the molecule is CN=C(NCCNC(=O)OC(C)(C)C)NCC(C)N1CCN(C)CC1. The molecule has 0 aromatic heterocycles. The summed E-state index contributed by atoms with van der Waals surface area (Å²) >= 11 is 0. The van der Waals surface area contributed by atoms with Crippen LogP contribution in [0.2, 0.25) is 0 Å². The first-order chi connectivity index (χ1) is 11.7. The zero-order valence-electron chi connectivity index (χ0n) is 16.7. The predicted molar refractivity (Wildman–Crippen MR) is 102 cm³/mol. The number of alkyl carbamates (subject to hydrolysis) is 1. The number of amides is 1. The topological polar surface area (TPSA) is 81.2 Å². The minimum Gasteiger partial charge on any atom is -0.444 e. The molecule has 0 saturated carbocycles. The monoisotopic (exact) mass is 356 g/mol. The van der Waals surface area contributed by atoms with Gasteiger partial charge in [0.05, 0.1) is 0 Å². The molecule has 1 aliphatic rings. The fraction of sp³-hybridized carbons (Fsp3) is 0.882. The van der Waals surface area contributed by atoms with E-state index in [9.17, 15) is 4.79 Å². The lowest BCUT2D eigenvalue weighted by atomic mass is 10.2. The Labute approximate surface area is 152 Å². The normalized spacial score (nSPS) is 18.6. The van der Waals surface area contributed by atoms with Gasteiger partial charge < -0.3 is 25.6 Å². The summed E-state index contributed by atoms with van der Waals surface area (Å²) in [5, 5.41) is 9.26. The lowest BCUT2D eigenvalue weighted by Crippen LogP contribution is -2.52. The van der Waals surface area contributed by atoms with Crippen LogP contribution in [0.1, 0.15) is 27.7 Å². The van der Waals surface area contributed by atoms with E-state index in [1.165, 1.54) is 0 Å². The van der Waals surface area contributed by atoms with Crippen molar-refractivity contribution < 1.29 is 9.53 Å². The molecule has 0 aromatic carbocycles. The van der Waals surface area contributed by atoms with E-state index in [4.69, 9.17) is 4.74 Å². The number of likely N-dealkylation sites (N-methyl/N-ethyl adjacent to an activating group) is 1. The maximum Gasteiger partial charge on any atom is 0.407 e. The van der Waals surface area contributed by atoms with Gasteiger partial charge in [0.15, 0.2) is 5.96 Å². The molecule has 0 bridgehead atoms. The van der Waals surface area contributed by atoms with Gasteiger partial charge in [-0.05, 0) is 34.7 Å². The van der Waals surface area contributed by atoms with Crippen LogP contribution in [0, 0.1) is 0 Å². The molecule has 0 radical (unpaired) electrons. The Bertz CT molecular complexity index is 427. The number of nitrogens with zero attached hydrogens (tertiary/aromatic N) is 3. The van der Waals surface area contributed by atoms with Gasteiger partial charge in [0, 0.05) is 58.9 Å².